The molecule has 4 rings (SSSR count). The van der Waals surface area contributed by atoms with Crippen molar-refractivity contribution in [2.45, 2.75) is 32.6 Å². The number of anilines is 2. The molecule has 2 heterocycles. The van der Waals surface area contributed by atoms with Crippen LogP contribution in [0.25, 0.3) is 11.0 Å². The maximum Gasteiger partial charge on any atom is 0.308 e. The number of amides is 1. The average molecular weight is 453 g/mol. The second kappa shape index (κ2) is 7.53. The summed E-state index contributed by atoms with van der Waals surface area (Å²) in [5.74, 6) is 6.46. The Morgan fingerprint density at radius 3 is 2.76 bits per heavy atom. The molecule has 1 fully saturated rings. The Morgan fingerprint density at radius 2 is 2.10 bits per heavy atom. The number of aromatic nitrogens is 3. The van der Waals surface area contributed by atoms with Gasteiger partial charge in [-0.3, -0.25) is 14.4 Å². The van der Waals surface area contributed by atoms with Crippen molar-refractivity contribution in [3.8, 4) is 17.7 Å². The van der Waals surface area contributed by atoms with Crippen LogP contribution >= 0.6 is 15.9 Å². The molecular weight excluding hydrogens is 432 g/mol. The molecule has 7 heteroatoms. The number of hydrogen-bond donors (Lipinski definition) is 0. The first kappa shape index (κ1) is 19.5. The Kier molecular flexibility index (Phi) is 5.05. The fourth-order valence-corrected chi connectivity index (χ4v) is 3.82. The van der Waals surface area contributed by atoms with E-state index in [0.717, 1.165) is 39.6 Å². The van der Waals surface area contributed by atoms with Gasteiger partial charge in [0.1, 0.15) is 5.82 Å². The van der Waals surface area contributed by atoms with E-state index in [9.17, 15) is 4.79 Å². The lowest BCUT2D eigenvalue weighted by molar-refractivity contribution is -0.112. The Hall–Kier alpha value is -2.85. The number of nitrogens with zero attached hydrogens (tertiary/aromatic N) is 4. The topological polar surface area (TPSA) is 60.3 Å². The number of fused-ring (bicyclic) bond motifs is 1. The van der Waals surface area contributed by atoms with E-state index in [-0.39, 0.29) is 5.91 Å². The molecule has 3 aromatic rings. The van der Waals surface area contributed by atoms with Crippen LogP contribution in [0.2, 0.25) is 0 Å². The van der Waals surface area contributed by atoms with Crippen LogP contribution < -0.4 is 9.64 Å². The van der Waals surface area contributed by atoms with Gasteiger partial charge in [-0.15, -0.1) is 5.10 Å². The molecule has 6 nitrogen and oxygen atoms in total. The number of rotatable bonds is 4. The fraction of sp³-hybridized carbons (Fsp3) is 0.318. The van der Waals surface area contributed by atoms with Crippen molar-refractivity contribution in [2.75, 3.05) is 12.0 Å². The Morgan fingerprint density at radius 1 is 1.34 bits per heavy atom. The minimum absolute atomic E-state index is 0.314. The van der Waals surface area contributed by atoms with Gasteiger partial charge in [0.05, 0.1) is 18.3 Å². The molecule has 1 saturated carbocycles. The number of hydrogen-bond acceptors (Lipinski definition) is 4. The lowest BCUT2D eigenvalue weighted by Gasteiger charge is -2.24. The Labute approximate surface area is 178 Å². The standard InChI is InChI=1S/C22H21BrN4O2/c1-5-6-20(28)27(18-11-13(2)16(23)12-15(18)14-7-8-14)19-10-9-17-21(24-19)22(29-4)25-26(17)3/h9-12,14H,7-8H2,1-4H3. The van der Waals surface area contributed by atoms with Gasteiger partial charge in [0.15, 0.2) is 5.52 Å². The van der Waals surface area contributed by atoms with Crippen molar-refractivity contribution in [1.29, 1.82) is 0 Å². The highest BCUT2D eigenvalue weighted by atomic mass is 79.9. The van der Waals surface area contributed by atoms with Crippen LogP contribution in [0.4, 0.5) is 11.5 Å². The van der Waals surface area contributed by atoms with Crippen molar-refractivity contribution < 1.29 is 9.53 Å². The van der Waals surface area contributed by atoms with Gasteiger partial charge in [-0.05, 0) is 73.9 Å². The van der Waals surface area contributed by atoms with E-state index in [1.54, 1.807) is 23.6 Å². The van der Waals surface area contributed by atoms with Gasteiger partial charge in [-0.2, -0.15) is 0 Å². The van der Waals surface area contributed by atoms with Crippen molar-refractivity contribution in [3.63, 3.8) is 0 Å². The third kappa shape index (κ3) is 3.49. The minimum Gasteiger partial charge on any atom is -0.478 e. The van der Waals surface area contributed by atoms with Gasteiger partial charge in [-0.25, -0.2) is 4.98 Å². The monoisotopic (exact) mass is 452 g/mol. The minimum atomic E-state index is -0.314. The molecule has 0 bridgehead atoms. The first-order valence-electron chi connectivity index (χ1n) is 9.39. The van der Waals surface area contributed by atoms with E-state index >= 15 is 0 Å². The summed E-state index contributed by atoms with van der Waals surface area (Å²) in [4.78, 5) is 19.4. The average Bonchev–Trinajstić information content (AvgIpc) is 3.49. The molecule has 0 saturated heterocycles. The normalized spacial score (nSPS) is 13.1. The highest BCUT2D eigenvalue weighted by Crippen LogP contribution is 2.47. The number of pyridine rings is 1. The van der Waals surface area contributed by atoms with Crippen LogP contribution in [0.5, 0.6) is 5.88 Å². The van der Waals surface area contributed by atoms with Crippen LogP contribution in [0.3, 0.4) is 0 Å². The molecule has 1 aliphatic rings. The number of aryl methyl sites for hydroxylation is 2. The molecule has 0 aliphatic heterocycles. The molecule has 1 aliphatic carbocycles. The summed E-state index contributed by atoms with van der Waals surface area (Å²) >= 11 is 3.63. The lowest BCUT2D eigenvalue weighted by Crippen LogP contribution is -2.26. The Bertz CT molecular complexity index is 1180. The molecule has 0 N–H and O–H groups in total. The summed E-state index contributed by atoms with van der Waals surface area (Å²) in [6.45, 7) is 3.67. The maximum absolute atomic E-state index is 13.1. The zero-order chi connectivity index (χ0) is 20.7. The van der Waals surface area contributed by atoms with Crippen LogP contribution in [-0.2, 0) is 11.8 Å². The maximum atomic E-state index is 13.1. The summed E-state index contributed by atoms with van der Waals surface area (Å²) in [6, 6.07) is 7.87. The highest BCUT2D eigenvalue weighted by molar-refractivity contribution is 9.10. The number of carbonyl (C=O) groups excluding carboxylic acids is 1. The summed E-state index contributed by atoms with van der Waals surface area (Å²) in [7, 11) is 3.39. The molecule has 0 unspecified atom stereocenters. The predicted octanol–water partition coefficient (Wildman–Crippen LogP) is 4.61. The van der Waals surface area contributed by atoms with E-state index in [0.29, 0.717) is 23.1 Å². The number of halogens is 1. The van der Waals surface area contributed by atoms with Gasteiger partial charge in [0.2, 0.25) is 0 Å². The van der Waals surface area contributed by atoms with E-state index in [1.807, 2.05) is 32.2 Å². The van der Waals surface area contributed by atoms with Crippen molar-refractivity contribution in [2.24, 2.45) is 7.05 Å². The summed E-state index contributed by atoms with van der Waals surface area (Å²) in [6.07, 6.45) is 2.24. The molecule has 1 amide bonds. The summed E-state index contributed by atoms with van der Waals surface area (Å²) in [5, 5.41) is 4.34. The van der Waals surface area contributed by atoms with Gasteiger partial charge < -0.3 is 4.74 Å². The smallest absolute Gasteiger partial charge is 0.308 e. The highest BCUT2D eigenvalue weighted by Gasteiger charge is 2.31. The van der Waals surface area contributed by atoms with Gasteiger partial charge in [0.25, 0.3) is 5.88 Å². The summed E-state index contributed by atoms with van der Waals surface area (Å²) < 4.78 is 8.12. The fourth-order valence-electron chi connectivity index (χ4n) is 3.46. The first-order chi connectivity index (χ1) is 13.9. The third-order valence-corrected chi connectivity index (χ3v) is 5.93. The number of benzene rings is 1. The van der Waals surface area contributed by atoms with Crippen LogP contribution in [0.15, 0.2) is 28.7 Å². The predicted molar refractivity (Wildman–Crippen MR) is 117 cm³/mol. The van der Waals surface area contributed by atoms with E-state index in [1.165, 1.54) is 0 Å². The van der Waals surface area contributed by atoms with Gasteiger partial charge in [-0.1, -0.05) is 21.9 Å². The Balaban J connectivity index is 1.94. The largest absolute Gasteiger partial charge is 0.478 e. The van der Waals surface area contributed by atoms with Gasteiger partial charge in [0, 0.05) is 11.5 Å². The molecule has 2 aromatic heterocycles. The quantitative estimate of drug-likeness (QED) is 0.542. The number of ether oxygens (including phenoxy) is 1. The molecule has 29 heavy (non-hydrogen) atoms. The molecule has 0 spiro atoms. The first-order valence-corrected chi connectivity index (χ1v) is 10.2. The second-order valence-electron chi connectivity index (χ2n) is 7.12. The zero-order valence-electron chi connectivity index (χ0n) is 16.8. The third-order valence-electron chi connectivity index (χ3n) is 5.07. The number of methoxy groups -OCH3 is 1. The SMILES string of the molecule is CC#CC(=O)N(c1ccc2c(n1)c(OC)nn2C)c1cc(C)c(Br)cc1C1CC1. The molecule has 148 valence electrons. The summed E-state index contributed by atoms with van der Waals surface area (Å²) in [5.41, 5.74) is 4.45. The lowest BCUT2D eigenvalue weighted by atomic mass is 10.0. The number of carbonyl (C=O) groups is 1. The second-order valence-corrected chi connectivity index (χ2v) is 7.97. The van der Waals surface area contributed by atoms with E-state index in [4.69, 9.17) is 9.72 Å². The van der Waals surface area contributed by atoms with E-state index < -0.39 is 0 Å². The molecule has 0 radical (unpaired) electrons. The van der Waals surface area contributed by atoms with Crippen LogP contribution in [-0.4, -0.2) is 27.8 Å². The van der Waals surface area contributed by atoms with Gasteiger partial charge >= 0.3 is 5.91 Å². The molecular formula is C22H21BrN4O2. The van der Waals surface area contributed by atoms with Crippen LogP contribution in [0, 0.1) is 18.8 Å². The zero-order valence-corrected chi connectivity index (χ0v) is 18.4. The molecule has 0 atom stereocenters. The van der Waals surface area contributed by atoms with Crippen molar-refractivity contribution >= 4 is 44.4 Å². The van der Waals surface area contributed by atoms with Crippen LogP contribution in [0.1, 0.15) is 36.8 Å². The molecule has 1 aromatic carbocycles. The van der Waals surface area contributed by atoms with Crippen molar-refractivity contribution in [3.05, 3.63) is 39.9 Å². The van der Waals surface area contributed by atoms with E-state index in [2.05, 4.69) is 38.9 Å². The van der Waals surface area contributed by atoms with Crippen molar-refractivity contribution in [1.82, 2.24) is 14.8 Å².